The largest absolute Gasteiger partial charge is 0.470 e. The molecule has 1 aliphatic heterocycles. The molecular weight excluding hydrogens is 318 g/mol. The van der Waals surface area contributed by atoms with Gasteiger partial charge in [0.25, 0.3) is 0 Å². The fourth-order valence-corrected chi connectivity index (χ4v) is 2.89. The summed E-state index contributed by atoms with van der Waals surface area (Å²) in [6, 6.07) is 10.0. The average Bonchev–Trinajstić information content (AvgIpc) is 2.94. The SMILES string of the molecule is CC(C)(C)Oc1ncnc2c1N(COCc1ccccc1)CC2CO. The zero-order valence-corrected chi connectivity index (χ0v) is 15.0. The lowest BCUT2D eigenvalue weighted by molar-refractivity contribution is 0.113. The zero-order valence-electron chi connectivity index (χ0n) is 15.0. The Morgan fingerprint density at radius 1 is 1.20 bits per heavy atom. The Hall–Kier alpha value is -2.18. The summed E-state index contributed by atoms with van der Waals surface area (Å²) in [6.07, 6.45) is 1.50. The van der Waals surface area contributed by atoms with Crippen molar-refractivity contribution in [3.05, 3.63) is 47.9 Å². The molecule has 1 aromatic carbocycles. The maximum absolute atomic E-state index is 9.69. The Kier molecular flexibility index (Phi) is 5.20. The number of benzene rings is 1. The minimum Gasteiger partial charge on any atom is -0.470 e. The number of hydrogen-bond donors (Lipinski definition) is 1. The molecule has 1 atom stereocenters. The van der Waals surface area contributed by atoms with Crippen molar-refractivity contribution >= 4 is 5.69 Å². The first kappa shape index (κ1) is 17.6. The van der Waals surface area contributed by atoms with Crippen molar-refractivity contribution in [1.82, 2.24) is 9.97 Å². The summed E-state index contributed by atoms with van der Waals surface area (Å²) in [4.78, 5) is 10.7. The van der Waals surface area contributed by atoms with E-state index < -0.39 is 0 Å². The van der Waals surface area contributed by atoms with E-state index >= 15 is 0 Å². The van der Waals surface area contributed by atoms with Gasteiger partial charge in [-0.2, -0.15) is 4.98 Å². The molecule has 25 heavy (non-hydrogen) atoms. The Morgan fingerprint density at radius 3 is 2.64 bits per heavy atom. The molecule has 0 spiro atoms. The van der Waals surface area contributed by atoms with Crippen LogP contribution in [0.15, 0.2) is 36.7 Å². The van der Waals surface area contributed by atoms with Crippen LogP contribution in [0.2, 0.25) is 0 Å². The van der Waals surface area contributed by atoms with E-state index in [2.05, 4.69) is 9.97 Å². The quantitative estimate of drug-likeness (QED) is 0.870. The normalized spacial score (nSPS) is 16.8. The van der Waals surface area contributed by atoms with Crippen LogP contribution >= 0.6 is 0 Å². The van der Waals surface area contributed by atoms with Crippen LogP contribution in [0.3, 0.4) is 0 Å². The molecule has 1 aromatic heterocycles. The third-order valence-corrected chi connectivity index (χ3v) is 3.94. The van der Waals surface area contributed by atoms with E-state index in [1.165, 1.54) is 6.33 Å². The highest BCUT2D eigenvalue weighted by Crippen LogP contribution is 2.40. The fourth-order valence-electron chi connectivity index (χ4n) is 2.89. The van der Waals surface area contributed by atoms with Crippen molar-refractivity contribution < 1.29 is 14.6 Å². The van der Waals surface area contributed by atoms with Crippen LogP contribution in [0.5, 0.6) is 5.88 Å². The van der Waals surface area contributed by atoms with Crippen LogP contribution in [-0.2, 0) is 11.3 Å². The van der Waals surface area contributed by atoms with Crippen LogP contribution in [0.1, 0.15) is 37.9 Å². The molecule has 134 valence electrons. The summed E-state index contributed by atoms with van der Waals surface area (Å²) in [5.74, 6) is 0.484. The predicted octanol–water partition coefficient (Wildman–Crippen LogP) is 2.72. The van der Waals surface area contributed by atoms with Crippen molar-refractivity contribution in [3.63, 3.8) is 0 Å². The van der Waals surface area contributed by atoms with Gasteiger partial charge in [0.1, 0.15) is 24.3 Å². The van der Waals surface area contributed by atoms with E-state index in [-0.39, 0.29) is 18.1 Å². The van der Waals surface area contributed by atoms with E-state index in [4.69, 9.17) is 9.47 Å². The Balaban J connectivity index is 1.76. The van der Waals surface area contributed by atoms with E-state index in [1.807, 2.05) is 56.0 Å². The highest BCUT2D eigenvalue weighted by atomic mass is 16.5. The van der Waals surface area contributed by atoms with E-state index in [1.54, 1.807) is 0 Å². The lowest BCUT2D eigenvalue weighted by Crippen LogP contribution is -2.28. The highest BCUT2D eigenvalue weighted by Gasteiger charge is 2.34. The van der Waals surface area contributed by atoms with E-state index in [0.29, 0.717) is 25.8 Å². The summed E-state index contributed by atoms with van der Waals surface area (Å²) >= 11 is 0. The number of aliphatic hydroxyl groups excluding tert-OH is 1. The zero-order chi connectivity index (χ0) is 17.9. The van der Waals surface area contributed by atoms with Gasteiger partial charge in [0.15, 0.2) is 0 Å². The second-order valence-electron chi connectivity index (χ2n) is 7.19. The molecule has 0 fully saturated rings. The maximum Gasteiger partial charge on any atom is 0.241 e. The van der Waals surface area contributed by atoms with Crippen molar-refractivity contribution in [1.29, 1.82) is 0 Å². The molecule has 2 heterocycles. The molecule has 0 radical (unpaired) electrons. The molecule has 0 saturated carbocycles. The minimum atomic E-state index is -0.365. The molecule has 1 N–H and O–H groups in total. The number of anilines is 1. The molecule has 1 unspecified atom stereocenters. The summed E-state index contributed by atoms with van der Waals surface area (Å²) < 4.78 is 11.9. The van der Waals surface area contributed by atoms with Gasteiger partial charge < -0.3 is 19.5 Å². The third-order valence-electron chi connectivity index (χ3n) is 3.94. The van der Waals surface area contributed by atoms with Gasteiger partial charge in [-0.25, -0.2) is 4.98 Å². The molecule has 0 amide bonds. The molecule has 6 nitrogen and oxygen atoms in total. The van der Waals surface area contributed by atoms with Gasteiger partial charge in [-0.15, -0.1) is 0 Å². The lowest BCUT2D eigenvalue weighted by Gasteiger charge is -2.25. The lowest BCUT2D eigenvalue weighted by atomic mass is 10.1. The Morgan fingerprint density at radius 2 is 1.96 bits per heavy atom. The second kappa shape index (κ2) is 7.37. The topological polar surface area (TPSA) is 67.7 Å². The van der Waals surface area contributed by atoms with Gasteiger partial charge >= 0.3 is 0 Å². The maximum atomic E-state index is 9.69. The minimum absolute atomic E-state index is 0.0359. The fraction of sp³-hybridized carbons (Fsp3) is 0.474. The van der Waals surface area contributed by atoms with Gasteiger partial charge in [0.2, 0.25) is 5.88 Å². The van der Waals surface area contributed by atoms with Crippen LogP contribution in [0.25, 0.3) is 0 Å². The van der Waals surface area contributed by atoms with Crippen molar-refractivity contribution in [2.24, 2.45) is 0 Å². The summed E-state index contributed by atoms with van der Waals surface area (Å²) in [7, 11) is 0. The molecule has 0 bridgehead atoms. The first-order valence-electron chi connectivity index (χ1n) is 8.49. The van der Waals surface area contributed by atoms with Gasteiger partial charge in [0.05, 0.1) is 18.9 Å². The monoisotopic (exact) mass is 343 g/mol. The number of aliphatic hydroxyl groups is 1. The summed E-state index contributed by atoms with van der Waals surface area (Å²) in [6.45, 7) is 7.54. The highest BCUT2D eigenvalue weighted by molar-refractivity contribution is 5.63. The van der Waals surface area contributed by atoms with Crippen LogP contribution in [-0.4, -0.2) is 40.6 Å². The van der Waals surface area contributed by atoms with E-state index in [0.717, 1.165) is 16.9 Å². The molecule has 2 aromatic rings. The number of nitrogens with zero attached hydrogens (tertiary/aromatic N) is 3. The third kappa shape index (κ3) is 4.27. The molecule has 0 saturated heterocycles. The first-order chi connectivity index (χ1) is 12.0. The van der Waals surface area contributed by atoms with E-state index in [9.17, 15) is 5.11 Å². The summed E-state index contributed by atoms with van der Waals surface area (Å²) in [5, 5.41) is 9.69. The van der Waals surface area contributed by atoms with Crippen molar-refractivity contribution in [3.8, 4) is 5.88 Å². The van der Waals surface area contributed by atoms with Crippen molar-refractivity contribution in [2.75, 3.05) is 24.8 Å². The molecule has 1 aliphatic rings. The molecule has 6 heteroatoms. The van der Waals surface area contributed by atoms with Gasteiger partial charge in [-0.05, 0) is 26.3 Å². The number of ether oxygens (including phenoxy) is 2. The van der Waals surface area contributed by atoms with Gasteiger partial charge in [-0.3, -0.25) is 0 Å². The average molecular weight is 343 g/mol. The smallest absolute Gasteiger partial charge is 0.241 e. The summed E-state index contributed by atoms with van der Waals surface area (Å²) in [5.41, 5.74) is 2.40. The van der Waals surface area contributed by atoms with Crippen LogP contribution in [0, 0.1) is 0 Å². The number of fused-ring (bicyclic) bond motifs is 1. The predicted molar refractivity (Wildman–Crippen MR) is 95.7 cm³/mol. The number of hydrogen-bond acceptors (Lipinski definition) is 6. The van der Waals surface area contributed by atoms with Crippen molar-refractivity contribution in [2.45, 2.75) is 38.9 Å². The number of rotatable bonds is 6. The molecule has 0 aliphatic carbocycles. The standard InChI is InChI=1S/C19H25N3O3/c1-19(2,3)25-18-17-16(20-12-21-18)15(10-23)9-22(17)13-24-11-14-7-5-4-6-8-14/h4-8,12,15,23H,9-11,13H2,1-3H3. The van der Waals surface area contributed by atoms with Crippen LogP contribution < -0.4 is 9.64 Å². The second-order valence-corrected chi connectivity index (χ2v) is 7.19. The number of aromatic nitrogens is 2. The van der Waals surface area contributed by atoms with Crippen LogP contribution in [0.4, 0.5) is 5.69 Å². The van der Waals surface area contributed by atoms with Gasteiger partial charge in [-0.1, -0.05) is 30.3 Å². The van der Waals surface area contributed by atoms with Gasteiger partial charge in [0, 0.05) is 12.5 Å². The Labute approximate surface area is 148 Å². The molecular formula is C19H25N3O3. The first-order valence-corrected chi connectivity index (χ1v) is 8.49. The Bertz CT molecular complexity index is 701. The molecule has 3 rings (SSSR count).